The third kappa shape index (κ3) is 2.26. The van der Waals surface area contributed by atoms with Crippen molar-refractivity contribution in [1.29, 1.82) is 0 Å². The first-order valence-electron chi connectivity index (χ1n) is 6.94. The molecule has 0 bridgehead atoms. The van der Waals surface area contributed by atoms with Gasteiger partial charge in [0.15, 0.2) is 0 Å². The summed E-state index contributed by atoms with van der Waals surface area (Å²) in [6, 6.07) is 3.97. The highest BCUT2D eigenvalue weighted by molar-refractivity contribution is 5.79. The Morgan fingerprint density at radius 3 is 2.77 bits per heavy atom. The Hall–Kier alpha value is -2.95. The predicted molar refractivity (Wildman–Crippen MR) is 89.7 cm³/mol. The molecule has 0 aromatic carbocycles. The summed E-state index contributed by atoms with van der Waals surface area (Å²) in [4.78, 5) is 13.0. The lowest BCUT2D eigenvalue weighted by Crippen LogP contribution is -2.01. The molecule has 3 aromatic rings. The van der Waals surface area contributed by atoms with Crippen molar-refractivity contribution in [3.8, 4) is 0 Å². The smallest absolute Gasteiger partial charge is 0.222 e. The first kappa shape index (κ1) is 14.0. The highest BCUT2D eigenvalue weighted by atomic mass is 15.1. The Balaban J connectivity index is 2.06. The maximum Gasteiger partial charge on any atom is 0.222 e. The fourth-order valence-electron chi connectivity index (χ4n) is 2.37. The van der Waals surface area contributed by atoms with Crippen molar-refractivity contribution in [2.24, 2.45) is 0 Å². The molecule has 0 aliphatic heterocycles. The zero-order chi connectivity index (χ0) is 15.7. The van der Waals surface area contributed by atoms with Gasteiger partial charge >= 0.3 is 0 Å². The Morgan fingerprint density at radius 1 is 1.27 bits per heavy atom. The molecule has 0 saturated heterocycles. The van der Waals surface area contributed by atoms with Gasteiger partial charge in [0, 0.05) is 25.0 Å². The van der Waals surface area contributed by atoms with Crippen LogP contribution in [0.1, 0.15) is 22.5 Å². The van der Waals surface area contributed by atoms with Crippen molar-refractivity contribution in [1.82, 2.24) is 19.4 Å². The maximum atomic E-state index is 4.41. The molecule has 5 nitrogen and oxygen atoms in total. The molecule has 0 fully saturated rings. The van der Waals surface area contributed by atoms with Crippen LogP contribution in [0.4, 0.5) is 5.95 Å². The SMILES string of the molecule is C=Cc1cnc2ccc(C(=C)c3cnc(NC)nc3C)cn12. The Kier molecular flexibility index (Phi) is 3.47. The van der Waals surface area contributed by atoms with Gasteiger partial charge in [-0.25, -0.2) is 15.0 Å². The van der Waals surface area contributed by atoms with E-state index < -0.39 is 0 Å². The minimum atomic E-state index is 0.605. The lowest BCUT2D eigenvalue weighted by atomic mass is 10.0. The van der Waals surface area contributed by atoms with E-state index in [2.05, 4.69) is 33.4 Å². The molecule has 0 saturated carbocycles. The lowest BCUT2D eigenvalue weighted by Gasteiger charge is -2.10. The van der Waals surface area contributed by atoms with Gasteiger partial charge in [0.1, 0.15) is 5.65 Å². The van der Waals surface area contributed by atoms with Crippen molar-refractivity contribution in [2.45, 2.75) is 6.92 Å². The molecule has 0 spiro atoms. The van der Waals surface area contributed by atoms with Gasteiger partial charge in [0.2, 0.25) is 5.95 Å². The maximum absolute atomic E-state index is 4.41. The molecule has 0 unspecified atom stereocenters. The summed E-state index contributed by atoms with van der Waals surface area (Å²) in [7, 11) is 1.80. The van der Waals surface area contributed by atoms with Gasteiger partial charge < -0.3 is 5.32 Å². The predicted octanol–water partition coefficient (Wildman–Crippen LogP) is 3.18. The molecule has 3 rings (SSSR count). The lowest BCUT2D eigenvalue weighted by molar-refractivity contribution is 1.08. The van der Waals surface area contributed by atoms with Crippen LogP contribution in [0.2, 0.25) is 0 Å². The summed E-state index contributed by atoms with van der Waals surface area (Å²) >= 11 is 0. The summed E-state index contributed by atoms with van der Waals surface area (Å²) in [5.74, 6) is 0.605. The first-order chi connectivity index (χ1) is 10.6. The second-order valence-corrected chi connectivity index (χ2v) is 4.95. The summed E-state index contributed by atoms with van der Waals surface area (Å²) < 4.78 is 1.99. The van der Waals surface area contributed by atoms with Crippen LogP contribution in [0.3, 0.4) is 0 Å². The normalized spacial score (nSPS) is 10.6. The van der Waals surface area contributed by atoms with Crippen molar-refractivity contribution < 1.29 is 0 Å². The van der Waals surface area contributed by atoms with Crippen LogP contribution in [0.5, 0.6) is 0 Å². The van der Waals surface area contributed by atoms with Crippen LogP contribution in [0, 0.1) is 6.92 Å². The van der Waals surface area contributed by atoms with E-state index >= 15 is 0 Å². The number of nitrogens with one attached hydrogen (secondary N) is 1. The molecule has 0 amide bonds. The van der Waals surface area contributed by atoms with Gasteiger partial charge in [0.25, 0.3) is 0 Å². The molecule has 1 N–H and O–H groups in total. The van der Waals surface area contributed by atoms with Crippen LogP contribution in [0.25, 0.3) is 17.3 Å². The van der Waals surface area contributed by atoms with E-state index in [4.69, 9.17) is 0 Å². The van der Waals surface area contributed by atoms with Crippen molar-refractivity contribution in [3.63, 3.8) is 0 Å². The average molecular weight is 291 g/mol. The summed E-state index contributed by atoms with van der Waals surface area (Å²) in [5, 5.41) is 2.93. The third-order valence-corrected chi connectivity index (χ3v) is 3.62. The van der Waals surface area contributed by atoms with Crippen LogP contribution in [-0.2, 0) is 0 Å². The molecule has 0 radical (unpaired) electrons. The molecule has 0 aliphatic rings. The van der Waals surface area contributed by atoms with E-state index in [1.54, 1.807) is 25.5 Å². The van der Waals surface area contributed by atoms with E-state index in [-0.39, 0.29) is 0 Å². The molecule has 22 heavy (non-hydrogen) atoms. The second kappa shape index (κ2) is 5.44. The standard InChI is InChI=1S/C17H17N5/c1-5-14-8-19-16-7-6-13(10-22(14)16)11(2)15-9-20-17(18-4)21-12(15)3/h5-10H,1-2H2,3-4H3,(H,18,20,21). The fraction of sp³-hybridized carbons (Fsp3) is 0.118. The Bertz CT molecular complexity index is 876. The topological polar surface area (TPSA) is 55.1 Å². The van der Waals surface area contributed by atoms with E-state index in [1.165, 1.54) is 0 Å². The van der Waals surface area contributed by atoms with Gasteiger partial charge in [-0.05, 0) is 36.3 Å². The number of pyridine rings is 1. The third-order valence-electron chi connectivity index (χ3n) is 3.62. The highest BCUT2D eigenvalue weighted by Gasteiger charge is 2.10. The number of nitrogens with zero attached hydrogens (tertiary/aromatic N) is 4. The van der Waals surface area contributed by atoms with Gasteiger partial charge in [-0.1, -0.05) is 13.2 Å². The molecule has 3 heterocycles. The highest BCUT2D eigenvalue weighted by Crippen LogP contribution is 2.24. The van der Waals surface area contributed by atoms with Gasteiger partial charge in [-0.15, -0.1) is 0 Å². The number of fused-ring (bicyclic) bond motifs is 1. The van der Waals surface area contributed by atoms with Crippen LogP contribution >= 0.6 is 0 Å². The zero-order valence-electron chi connectivity index (χ0n) is 12.7. The van der Waals surface area contributed by atoms with E-state index in [0.29, 0.717) is 5.95 Å². The second-order valence-electron chi connectivity index (χ2n) is 4.95. The molecule has 5 heteroatoms. The molecule has 0 aliphatic carbocycles. The first-order valence-corrected chi connectivity index (χ1v) is 6.94. The molecule has 3 aromatic heterocycles. The summed E-state index contributed by atoms with van der Waals surface area (Å²) in [6.45, 7) is 9.96. The largest absolute Gasteiger partial charge is 0.357 e. The fourth-order valence-corrected chi connectivity index (χ4v) is 2.37. The number of hydrogen-bond acceptors (Lipinski definition) is 4. The summed E-state index contributed by atoms with van der Waals surface area (Å²) in [5.41, 5.74) is 5.52. The van der Waals surface area contributed by atoms with E-state index in [0.717, 1.165) is 33.7 Å². The quantitative estimate of drug-likeness (QED) is 0.802. The Morgan fingerprint density at radius 2 is 2.09 bits per heavy atom. The van der Waals surface area contributed by atoms with Crippen LogP contribution in [-0.4, -0.2) is 26.4 Å². The van der Waals surface area contributed by atoms with Gasteiger partial charge in [0.05, 0.1) is 17.6 Å². The molecule has 110 valence electrons. The van der Waals surface area contributed by atoms with Gasteiger partial charge in [-0.3, -0.25) is 4.40 Å². The number of aryl methyl sites for hydroxylation is 1. The molecular weight excluding hydrogens is 274 g/mol. The van der Waals surface area contributed by atoms with E-state index in [1.807, 2.05) is 29.7 Å². The number of aromatic nitrogens is 4. The van der Waals surface area contributed by atoms with E-state index in [9.17, 15) is 0 Å². The summed E-state index contributed by atoms with van der Waals surface area (Å²) in [6.07, 6.45) is 7.38. The van der Waals surface area contributed by atoms with Crippen LogP contribution < -0.4 is 5.32 Å². The number of imidazole rings is 1. The minimum absolute atomic E-state index is 0.605. The average Bonchev–Trinajstić information content (AvgIpc) is 2.96. The molecular formula is C17H17N5. The van der Waals surface area contributed by atoms with Crippen LogP contribution in [0.15, 0.2) is 43.9 Å². The Labute approximate surface area is 129 Å². The van der Waals surface area contributed by atoms with Crippen molar-refractivity contribution >= 4 is 23.2 Å². The molecule has 0 atom stereocenters. The van der Waals surface area contributed by atoms with Crippen molar-refractivity contribution in [2.75, 3.05) is 12.4 Å². The minimum Gasteiger partial charge on any atom is -0.357 e. The monoisotopic (exact) mass is 291 g/mol. The number of anilines is 1. The number of hydrogen-bond donors (Lipinski definition) is 1. The number of rotatable bonds is 4. The zero-order valence-corrected chi connectivity index (χ0v) is 12.7. The van der Waals surface area contributed by atoms with Crippen molar-refractivity contribution in [3.05, 3.63) is 66.4 Å². The van der Waals surface area contributed by atoms with Gasteiger partial charge in [-0.2, -0.15) is 0 Å².